The first-order valence-electron chi connectivity index (χ1n) is 10.1. The van der Waals surface area contributed by atoms with E-state index < -0.39 is 15.8 Å². The first kappa shape index (κ1) is 22.2. The van der Waals surface area contributed by atoms with E-state index in [0.717, 1.165) is 4.88 Å². The molecule has 4 heterocycles. The van der Waals surface area contributed by atoms with Gasteiger partial charge in [0.2, 0.25) is 5.91 Å². The van der Waals surface area contributed by atoms with Gasteiger partial charge in [-0.15, -0.1) is 11.3 Å². The lowest BCUT2D eigenvalue weighted by Gasteiger charge is -2.36. The Labute approximate surface area is 185 Å². The summed E-state index contributed by atoms with van der Waals surface area (Å²) in [5, 5.41) is 6.66. The minimum Gasteiger partial charge on any atom is -0.354 e. The number of carbonyl (C=O) groups excluding carboxylic acids is 1. The van der Waals surface area contributed by atoms with Gasteiger partial charge in [0.25, 0.3) is 10.0 Å². The van der Waals surface area contributed by atoms with E-state index in [4.69, 9.17) is 14.0 Å². The maximum Gasteiger partial charge on any atom is 0.252 e. The Hall–Kier alpha value is -2.05. The normalized spacial score (nSPS) is 19.4. The summed E-state index contributed by atoms with van der Waals surface area (Å²) >= 11 is 1.18. The van der Waals surface area contributed by atoms with E-state index >= 15 is 0 Å². The van der Waals surface area contributed by atoms with Crippen LogP contribution in [0.1, 0.15) is 42.5 Å². The molecule has 2 aliphatic heterocycles. The molecule has 2 aromatic rings. The van der Waals surface area contributed by atoms with Gasteiger partial charge in [0.05, 0.1) is 13.2 Å². The first-order chi connectivity index (χ1) is 14.8. The van der Waals surface area contributed by atoms with Gasteiger partial charge in [-0.25, -0.2) is 8.42 Å². The predicted octanol–water partition coefficient (Wildman–Crippen LogP) is 3.09. The number of anilines is 1. The second-order valence-corrected chi connectivity index (χ2v) is 10.7. The Morgan fingerprint density at radius 3 is 2.65 bits per heavy atom. The van der Waals surface area contributed by atoms with Crippen molar-refractivity contribution in [2.24, 2.45) is 0 Å². The number of hydrogen-bond acceptors (Lipinski definition) is 8. The van der Waals surface area contributed by atoms with Crippen LogP contribution in [-0.2, 0) is 24.3 Å². The number of aromatic nitrogens is 1. The molecule has 0 aromatic carbocycles. The van der Waals surface area contributed by atoms with Crippen LogP contribution < -0.4 is 5.32 Å². The number of carbonyl (C=O) groups is 1. The molecule has 2 aliphatic rings. The number of nitrogens with zero attached hydrogens (tertiary/aromatic N) is 2. The van der Waals surface area contributed by atoms with E-state index in [1.165, 1.54) is 15.6 Å². The largest absolute Gasteiger partial charge is 0.354 e. The van der Waals surface area contributed by atoms with Crippen LogP contribution in [0.3, 0.4) is 0 Å². The number of hydrogen-bond donors (Lipinski definition) is 1. The van der Waals surface area contributed by atoms with Crippen LogP contribution in [0, 0.1) is 6.92 Å². The summed E-state index contributed by atoms with van der Waals surface area (Å²) in [5.74, 6) is -0.340. The summed E-state index contributed by atoms with van der Waals surface area (Å²) < 4.78 is 44.5. The molecule has 4 rings (SSSR count). The first-order valence-corrected chi connectivity index (χ1v) is 12.4. The molecule has 9 nitrogen and oxygen atoms in total. The minimum atomic E-state index is -3.58. The van der Waals surface area contributed by atoms with Crippen molar-refractivity contribution in [1.82, 2.24) is 9.46 Å². The number of rotatable bonds is 6. The third-order valence-corrected chi connectivity index (χ3v) is 8.78. The topological polar surface area (TPSA) is 111 Å². The van der Waals surface area contributed by atoms with Gasteiger partial charge in [-0.1, -0.05) is 12.1 Å². The quantitative estimate of drug-likeness (QED) is 0.695. The van der Waals surface area contributed by atoms with Gasteiger partial charge in [-0.2, -0.15) is 4.31 Å². The van der Waals surface area contributed by atoms with Gasteiger partial charge in [0.15, 0.2) is 11.5 Å². The predicted molar refractivity (Wildman–Crippen MR) is 116 cm³/mol. The number of thiophene rings is 1. The summed E-state index contributed by atoms with van der Waals surface area (Å²) in [4.78, 5) is 12.5. The standard InChI is InChI=1S/C20H25N3O6S2/c1-3-17(24)21-19-14(2)22-29-16(19)6-4-15-5-7-18(30-15)31(25,26)23-10-8-20(9-11-23)27-12-13-28-20/h4-7H,3,8-13H2,1-2H3,(H,21,24)/b6-4+. The zero-order chi connectivity index (χ0) is 22.1. The maximum atomic E-state index is 13.0. The Bertz CT molecular complexity index is 1070. The smallest absolute Gasteiger partial charge is 0.252 e. The number of piperidine rings is 1. The fourth-order valence-corrected chi connectivity index (χ4v) is 6.41. The van der Waals surface area contributed by atoms with Crippen LogP contribution in [-0.4, -0.2) is 55.9 Å². The Balaban J connectivity index is 1.45. The van der Waals surface area contributed by atoms with Crippen molar-refractivity contribution < 1.29 is 27.2 Å². The van der Waals surface area contributed by atoms with Crippen LogP contribution in [0.5, 0.6) is 0 Å². The molecular formula is C20H25N3O6S2. The highest BCUT2D eigenvalue weighted by atomic mass is 32.2. The summed E-state index contributed by atoms with van der Waals surface area (Å²) in [6.45, 7) is 5.35. The van der Waals surface area contributed by atoms with E-state index in [-0.39, 0.29) is 10.1 Å². The van der Waals surface area contributed by atoms with Crippen LogP contribution in [0.2, 0.25) is 0 Å². The molecule has 168 valence electrons. The zero-order valence-electron chi connectivity index (χ0n) is 17.4. The lowest BCUT2D eigenvalue weighted by atomic mass is 10.1. The summed E-state index contributed by atoms with van der Waals surface area (Å²) in [7, 11) is -3.58. The molecule has 1 spiro atoms. The third-order valence-electron chi connectivity index (χ3n) is 5.37. The van der Waals surface area contributed by atoms with Crippen LogP contribution in [0.25, 0.3) is 12.2 Å². The number of aryl methyl sites for hydroxylation is 1. The van der Waals surface area contributed by atoms with Crippen molar-refractivity contribution in [3.05, 3.63) is 28.5 Å². The molecule has 2 fully saturated rings. The number of amides is 1. The lowest BCUT2D eigenvalue weighted by molar-refractivity contribution is -0.179. The molecule has 11 heteroatoms. The SMILES string of the molecule is CCC(=O)Nc1c(C)noc1/C=C/c1ccc(S(=O)(=O)N2CCC3(CC2)OCCO3)s1. The highest BCUT2D eigenvalue weighted by Gasteiger charge is 2.42. The molecule has 0 unspecified atom stereocenters. The molecule has 0 radical (unpaired) electrons. The molecule has 2 saturated heterocycles. The van der Waals surface area contributed by atoms with Crippen molar-refractivity contribution in [3.63, 3.8) is 0 Å². The molecule has 0 bridgehead atoms. The molecule has 2 aromatic heterocycles. The zero-order valence-corrected chi connectivity index (χ0v) is 19.1. The van der Waals surface area contributed by atoms with Crippen molar-refractivity contribution in [2.75, 3.05) is 31.6 Å². The molecule has 31 heavy (non-hydrogen) atoms. The van der Waals surface area contributed by atoms with Gasteiger partial charge < -0.3 is 19.3 Å². The Morgan fingerprint density at radius 1 is 1.26 bits per heavy atom. The monoisotopic (exact) mass is 467 g/mol. The van der Waals surface area contributed by atoms with Crippen molar-refractivity contribution in [1.29, 1.82) is 0 Å². The number of ether oxygens (including phenoxy) is 2. The summed E-state index contributed by atoms with van der Waals surface area (Å²) in [6.07, 6.45) is 4.82. The second-order valence-electron chi connectivity index (χ2n) is 7.41. The summed E-state index contributed by atoms with van der Waals surface area (Å²) in [5.41, 5.74) is 1.10. The van der Waals surface area contributed by atoms with Gasteiger partial charge in [0, 0.05) is 37.2 Å². The highest BCUT2D eigenvalue weighted by Crippen LogP contribution is 2.35. The minimum absolute atomic E-state index is 0.137. The van der Waals surface area contributed by atoms with Crippen molar-refractivity contribution in [3.8, 4) is 0 Å². The number of sulfonamides is 1. The van der Waals surface area contributed by atoms with E-state index in [0.29, 0.717) is 62.7 Å². The van der Waals surface area contributed by atoms with Crippen LogP contribution in [0.4, 0.5) is 5.69 Å². The van der Waals surface area contributed by atoms with E-state index in [9.17, 15) is 13.2 Å². The third kappa shape index (κ3) is 4.60. The molecule has 1 amide bonds. The van der Waals surface area contributed by atoms with Gasteiger partial charge in [0.1, 0.15) is 15.6 Å². The lowest BCUT2D eigenvalue weighted by Crippen LogP contribution is -2.47. The summed E-state index contributed by atoms with van der Waals surface area (Å²) in [6, 6.07) is 3.36. The van der Waals surface area contributed by atoms with Gasteiger partial charge in [-0.05, 0) is 31.2 Å². The average molecular weight is 468 g/mol. The van der Waals surface area contributed by atoms with E-state index in [1.54, 1.807) is 38.1 Å². The fourth-order valence-electron chi connectivity index (χ4n) is 3.58. The number of nitrogens with one attached hydrogen (secondary N) is 1. The van der Waals surface area contributed by atoms with Crippen molar-refractivity contribution >= 4 is 45.1 Å². The average Bonchev–Trinajstić information content (AvgIpc) is 3.49. The Morgan fingerprint density at radius 2 is 1.97 bits per heavy atom. The van der Waals surface area contributed by atoms with E-state index in [2.05, 4.69) is 10.5 Å². The maximum absolute atomic E-state index is 13.0. The highest BCUT2D eigenvalue weighted by molar-refractivity contribution is 7.91. The van der Waals surface area contributed by atoms with E-state index in [1.807, 2.05) is 0 Å². The molecule has 0 atom stereocenters. The Kier molecular flexibility index (Phi) is 6.31. The van der Waals surface area contributed by atoms with Crippen molar-refractivity contribution in [2.45, 2.75) is 43.1 Å². The molecular weight excluding hydrogens is 442 g/mol. The molecule has 0 aliphatic carbocycles. The van der Waals surface area contributed by atoms with Gasteiger partial charge >= 0.3 is 0 Å². The van der Waals surface area contributed by atoms with Crippen LogP contribution in [0.15, 0.2) is 20.9 Å². The fraction of sp³-hybridized carbons (Fsp3) is 0.500. The second kappa shape index (κ2) is 8.83. The molecule has 1 N–H and O–H groups in total. The van der Waals surface area contributed by atoms with Gasteiger partial charge in [-0.3, -0.25) is 4.79 Å². The van der Waals surface area contributed by atoms with Crippen LogP contribution >= 0.6 is 11.3 Å². The molecule has 0 saturated carbocycles.